The molecule has 2 aromatic rings. The highest BCUT2D eigenvalue weighted by Gasteiger charge is 2.13. The van der Waals surface area contributed by atoms with Gasteiger partial charge in [0.2, 0.25) is 0 Å². The van der Waals surface area contributed by atoms with Gasteiger partial charge in [-0.3, -0.25) is 4.79 Å². The average molecular weight is 266 g/mol. The molecule has 0 aromatic carbocycles. The van der Waals surface area contributed by atoms with Gasteiger partial charge in [0.15, 0.2) is 11.0 Å². The maximum Gasteiger partial charge on any atom is 0.310 e. The molecule has 2 aromatic heterocycles. The van der Waals surface area contributed by atoms with E-state index in [4.69, 9.17) is 16.3 Å². The molecule has 18 heavy (non-hydrogen) atoms. The number of pyridine rings is 1. The Bertz CT molecular complexity index is 540. The molecule has 0 aliphatic heterocycles. The molecule has 0 atom stereocenters. The molecule has 94 valence electrons. The Balaban J connectivity index is 2.20. The highest BCUT2D eigenvalue weighted by molar-refractivity contribution is 6.30. The Labute approximate surface area is 109 Å². The number of ether oxygens (including phenoxy) is 1. The molecule has 5 nitrogen and oxygen atoms in total. The van der Waals surface area contributed by atoms with E-state index < -0.39 is 0 Å². The third-order valence-electron chi connectivity index (χ3n) is 2.26. The Kier molecular flexibility index (Phi) is 3.94. The molecule has 0 radical (unpaired) electrons. The Morgan fingerprint density at radius 2 is 2.33 bits per heavy atom. The van der Waals surface area contributed by atoms with Crippen LogP contribution in [0.4, 0.5) is 0 Å². The summed E-state index contributed by atoms with van der Waals surface area (Å²) in [6.45, 7) is 2.11. The van der Waals surface area contributed by atoms with Crippen molar-refractivity contribution >= 4 is 17.6 Å². The minimum atomic E-state index is -0.319. The van der Waals surface area contributed by atoms with Gasteiger partial charge in [0.05, 0.1) is 13.0 Å². The van der Waals surface area contributed by atoms with Crippen LogP contribution in [0.5, 0.6) is 0 Å². The first-order valence-corrected chi connectivity index (χ1v) is 5.89. The Morgan fingerprint density at radius 3 is 3.00 bits per heavy atom. The first kappa shape index (κ1) is 12.6. The van der Waals surface area contributed by atoms with Gasteiger partial charge in [0, 0.05) is 18.0 Å². The van der Waals surface area contributed by atoms with E-state index in [0.29, 0.717) is 18.0 Å². The van der Waals surface area contributed by atoms with E-state index in [2.05, 4.69) is 10.1 Å². The predicted molar refractivity (Wildman–Crippen MR) is 66.7 cm³/mol. The van der Waals surface area contributed by atoms with Crippen LogP contribution in [-0.2, 0) is 16.0 Å². The van der Waals surface area contributed by atoms with Crippen LogP contribution in [0.1, 0.15) is 12.5 Å². The molecule has 0 saturated carbocycles. The lowest BCUT2D eigenvalue weighted by atomic mass is 10.2. The predicted octanol–water partition coefficient (Wildman–Crippen LogP) is 2.03. The van der Waals surface area contributed by atoms with Crippen LogP contribution >= 0.6 is 11.6 Å². The van der Waals surface area contributed by atoms with Crippen LogP contribution in [0.3, 0.4) is 0 Å². The van der Waals surface area contributed by atoms with Crippen LogP contribution < -0.4 is 0 Å². The molecule has 0 N–H and O–H groups in total. The van der Waals surface area contributed by atoms with Crippen LogP contribution in [0.2, 0.25) is 5.15 Å². The molecule has 2 rings (SSSR count). The third-order valence-corrected chi connectivity index (χ3v) is 2.58. The van der Waals surface area contributed by atoms with E-state index in [1.165, 1.54) is 4.68 Å². The van der Waals surface area contributed by atoms with Crippen LogP contribution in [-0.4, -0.2) is 27.3 Å². The normalized spacial score (nSPS) is 10.3. The summed E-state index contributed by atoms with van der Waals surface area (Å²) in [6.07, 6.45) is 3.46. The van der Waals surface area contributed by atoms with Gasteiger partial charge in [-0.05, 0) is 19.1 Å². The topological polar surface area (TPSA) is 57.0 Å². The molecule has 0 aliphatic rings. The zero-order valence-corrected chi connectivity index (χ0v) is 10.6. The number of rotatable bonds is 4. The zero-order chi connectivity index (χ0) is 13.0. The Morgan fingerprint density at radius 1 is 1.50 bits per heavy atom. The minimum absolute atomic E-state index is 0.111. The summed E-state index contributed by atoms with van der Waals surface area (Å²) < 4.78 is 6.40. The third kappa shape index (κ3) is 2.87. The molecule has 0 bridgehead atoms. The van der Waals surface area contributed by atoms with Crippen molar-refractivity contribution in [2.75, 3.05) is 6.61 Å². The number of carbonyl (C=O) groups is 1. The second kappa shape index (κ2) is 5.64. The van der Waals surface area contributed by atoms with Crippen LogP contribution in [0.25, 0.3) is 5.82 Å². The van der Waals surface area contributed by atoms with E-state index in [-0.39, 0.29) is 17.5 Å². The van der Waals surface area contributed by atoms with Gasteiger partial charge in [-0.25, -0.2) is 9.67 Å². The van der Waals surface area contributed by atoms with Gasteiger partial charge in [0.25, 0.3) is 0 Å². The van der Waals surface area contributed by atoms with Gasteiger partial charge in [-0.2, -0.15) is 5.10 Å². The number of halogens is 1. The van der Waals surface area contributed by atoms with Crippen LogP contribution in [0, 0.1) is 0 Å². The van der Waals surface area contributed by atoms with Crippen molar-refractivity contribution < 1.29 is 9.53 Å². The summed E-state index contributed by atoms with van der Waals surface area (Å²) in [6, 6.07) is 5.47. The molecular weight excluding hydrogens is 254 g/mol. The maximum atomic E-state index is 11.4. The van der Waals surface area contributed by atoms with Crippen LogP contribution in [0.15, 0.2) is 30.6 Å². The van der Waals surface area contributed by atoms with E-state index in [1.54, 1.807) is 25.4 Å². The Hall–Kier alpha value is -1.88. The van der Waals surface area contributed by atoms with Gasteiger partial charge in [-0.1, -0.05) is 17.7 Å². The summed E-state index contributed by atoms with van der Waals surface area (Å²) in [4.78, 5) is 15.5. The number of hydrogen-bond acceptors (Lipinski definition) is 4. The number of aromatic nitrogens is 3. The van der Waals surface area contributed by atoms with Crippen molar-refractivity contribution in [3.8, 4) is 5.82 Å². The van der Waals surface area contributed by atoms with Crippen molar-refractivity contribution in [2.24, 2.45) is 0 Å². The lowest BCUT2D eigenvalue weighted by Gasteiger charge is -1.99. The van der Waals surface area contributed by atoms with E-state index >= 15 is 0 Å². The smallest absolute Gasteiger partial charge is 0.310 e. The first-order valence-electron chi connectivity index (χ1n) is 5.51. The molecule has 0 unspecified atom stereocenters. The molecule has 6 heteroatoms. The fourth-order valence-corrected chi connectivity index (χ4v) is 1.68. The first-order chi connectivity index (χ1) is 8.70. The maximum absolute atomic E-state index is 11.4. The average Bonchev–Trinajstić information content (AvgIpc) is 2.72. The standard InChI is InChI=1S/C12H12ClN3O2/c1-2-18-11(17)7-9-8-16(15-12(9)13)10-5-3-4-6-14-10/h3-6,8H,2,7H2,1H3. The van der Waals surface area contributed by atoms with Crippen molar-refractivity contribution in [3.05, 3.63) is 41.3 Å². The second-order valence-electron chi connectivity index (χ2n) is 3.56. The van der Waals surface area contributed by atoms with Gasteiger partial charge >= 0.3 is 5.97 Å². The van der Waals surface area contributed by atoms with Crippen molar-refractivity contribution in [1.82, 2.24) is 14.8 Å². The lowest BCUT2D eigenvalue weighted by Crippen LogP contribution is -2.07. The molecule has 0 amide bonds. The number of carbonyl (C=O) groups excluding carboxylic acids is 1. The summed E-state index contributed by atoms with van der Waals surface area (Å²) in [5.41, 5.74) is 0.626. The highest BCUT2D eigenvalue weighted by atomic mass is 35.5. The monoisotopic (exact) mass is 265 g/mol. The summed E-state index contributed by atoms with van der Waals surface area (Å²) in [5.74, 6) is 0.328. The van der Waals surface area contributed by atoms with E-state index in [9.17, 15) is 4.79 Å². The fourth-order valence-electron chi connectivity index (χ4n) is 1.48. The largest absolute Gasteiger partial charge is 0.466 e. The number of esters is 1. The molecule has 0 spiro atoms. The fraction of sp³-hybridized carbons (Fsp3) is 0.250. The molecule has 0 saturated heterocycles. The van der Waals surface area contributed by atoms with Gasteiger partial charge < -0.3 is 4.74 Å². The SMILES string of the molecule is CCOC(=O)Cc1cn(-c2ccccn2)nc1Cl. The van der Waals surface area contributed by atoms with Crippen molar-refractivity contribution in [2.45, 2.75) is 13.3 Å². The van der Waals surface area contributed by atoms with Crippen molar-refractivity contribution in [3.63, 3.8) is 0 Å². The lowest BCUT2D eigenvalue weighted by molar-refractivity contribution is -0.142. The quantitative estimate of drug-likeness (QED) is 0.794. The van der Waals surface area contributed by atoms with Gasteiger partial charge in [0.1, 0.15) is 0 Å². The summed E-state index contributed by atoms with van der Waals surface area (Å²) in [7, 11) is 0. The highest BCUT2D eigenvalue weighted by Crippen LogP contribution is 2.16. The van der Waals surface area contributed by atoms with Crippen molar-refractivity contribution in [1.29, 1.82) is 0 Å². The molecule has 0 fully saturated rings. The summed E-state index contributed by atoms with van der Waals surface area (Å²) in [5, 5.41) is 4.39. The number of nitrogens with zero attached hydrogens (tertiary/aromatic N) is 3. The molecule has 2 heterocycles. The van der Waals surface area contributed by atoms with Gasteiger partial charge in [-0.15, -0.1) is 0 Å². The summed E-state index contributed by atoms with van der Waals surface area (Å²) >= 11 is 5.97. The zero-order valence-electron chi connectivity index (χ0n) is 9.84. The number of hydrogen-bond donors (Lipinski definition) is 0. The second-order valence-corrected chi connectivity index (χ2v) is 3.92. The van der Waals surface area contributed by atoms with E-state index in [0.717, 1.165) is 0 Å². The molecule has 0 aliphatic carbocycles. The van der Waals surface area contributed by atoms with E-state index in [1.807, 2.05) is 12.1 Å². The molecular formula is C12H12ClN3O2. The minimum Gasteiger partial charge on any atom is -0.466 e.